The first-order valence-electron chi connectivity index (χ1n) is 8.99. The second-order valence-corrected chi connectivity index (χ2v) is 7.26. The smallest absolute Gasteiger partial charge is 0.0474 e. The maximum atomic E-state index is 9.53. The first kappa shape index (κ1) is 14.8. The van der Waals surface area contributed by atoms with Crippen LogP contribution in [-0.4, -0.2) is 36.4 Å². The van der Waals surface area contributed by atoms with Gasteiger partial charge in [0.05, 0.1) is 0 Å². The van der Waals surface area contributed by atoms with Crippen LogP contribution in [-0.2, 0) is 0 Å². The maximum Gasteiger partial charge on any atom is 0.0474 e. The summed E-state index contributed by atoms with van der Waals surface area (Å²) in [4.78, 5) is 0. The van der Waals surface area contributed by atoms with Crippen LogP contribution in [0.15, 0.2) is 0 Å². The Morgan fingerprint density at radius 3 is 2.45 bits per heavy atom. The van der Waals surface area contributed by atoms with Crippen molar-refractivity contribution in [1.82, 2.24) is 10.6 Å². The highest BCUT2D eigenvalue weighted by molar-refractivity contribution is 4.94. The molecule has 1 saturated heterocycles. The molecular formula is C17H32N2O. The minimum atomic E-state index is 0.372. The Kier molecular flexibility index (Phi) is 5.36. The summed E-state index contributed by atoms with van der Waals surface area (Å²) in [6, 6.07) is 2.02. The largest absolute Gasteiger partial charge is 0.396 e. The third-order valence-electron chi connectivity index (χ3n) is 6.01. The minimum absolute atomic E-state index is 0.372. The molecule has 1 heterocycles. The maximum absolute atomic E-state index is 9.53. The van der Waals surface area contributed by atoms with Gasteiger partial charge in [0.25, 0.3) is 0 Å². The molecule has 3 heteroatoms. The third-order valence-corrected chi connectivity index (χ3v) is 6.01. The fourth-order valence-corrected chi connectivity index (χ4v) is 4.84. The lowest BCUT2D eigenvalue weighted by Crippen LogP contribution is -2.53. The van der Waals surface area contributed by atoms with E-state index in [1.54, 1.807) is 0 Å². The van der Waals surface area contributed by atoms with Crippen molar-refractivity contribution in [2.75, 3.05) is 13.2 Å². The van der Waals surface area contributed by atoms with Crippen LogP contribution in [0.4, 0.5) is 0 Å². The topological polar surface area (TPSA) is 44.3 Å². The van der Waals surface area contributed by atoms with Crippen molar-refractivity contribution >= 4 is 0 Å². The van der Waals surface area contributed by atoms with Crippen molar-refractivity contribution < 1.29 is 5.11 Å². The number of nitrogens with one attached hydrogen (secondary N) is 2. The molecule has 2 saturated carbocycles. The van der Waals surface area contributed by atoms with E-state index in [4.69, 9.17) is 0 Å². The molecule has 20 heavy (non-hydrogen) atoms. The van der Waals surface area contributed by atoms with Crippen LogP contribution >= 0.6 is 0 Å². The molecule has 5 atom stereocenters. The van der Waals surface area contributed by atoms with Crippen LogP contribution < -0.4 is 10.6 Å². The van der Waals surface area contributed by atoms with Crippen LogP contribution in [0.5, 0.6) is 0 Å². The van der Waals surface area contributed by atoms with Crippen molar-refractivity contribution in [1.29, 1.82) is 0 Å². The van der Waals surface area contributed by atoms with Gasteiger partial charge >= 0.3 is 0 Å². The molecule has 116 valence electrons. The normalized spacial score (nSPS) is 42.8. The van der Waals surface area contributed by atoms with Gasteiger partial charge in [0, 0.05) is 24.7 Å². The van der Waals surface area contributed by atoms with E-state index in [1.807, 2.05) is 0 Å². The van der Waals surface area contributed by atoms with E-state index < -0.39 is 0 Å². The van der Waals surface area contributed by atoms with Crippen LogP contribution in [0.25, 0.3) is 0 Å². The molecule has 0 aromatic heterocycles. The van der Waals surface area contributed by atoms with Gasteiger partial charge in [0.1, 0.15) is 0 Å². The molecule has 1 aliphatic heterocycles. The molecule has 0 aromatic carbocycles. The van der Waals surface area contributed by atoms with E-state index in [0.717, 1.165) is 12.0 Å². The molecule has 3 rings (SSSR count). The van der Waals surface area contributed by atoms with Crippen LogP contribution in [0.1, 0.15) is 64.2 Å². The summed E-state index contributed by atoms with van der Waals surface area (Å²) in [6.45, 7) is 1.59. The van der Waals surface area contributed by atoms with E-state index in [0.29, 0.717) is 24.6 Å². The van der Waals surface area contributed by atoms with Gasteiger partial charge in [-0.3, -0.25) is 0 Å². The average molecular weight is 280 g/mol. The number of aliphatic hydroxyl groups is 1. The molecule has 0 radical (unpaired) electrons. The van der Waals surface area contributed by atoms with Crippen molar-refractivity contribution in [2.24, 2.45) is 11.8 Å². The highest BCUT2D eigenvalue weighted by Crippen LogP contribution is 2.33. The molecule has 3 N–H and O–H groups in total. The minimum Gasteiger partial charge on any atom is -0.396 e. The molecule has 3 nitrogen and oxygen atoms in total. The van der Waals surface area contributed by atoms with E-state index >= 15 is 0 Å². The van der Waals surface area contributed by atoms with Gasteiger partial charge in [0.2, 0.25) is 0 Å². The van der Waals surface area contributed by atoms with E-state index in [-0.39, 0.29) is 0 Å². The zero-order chi connectivity index (χ0) is 13.8. The predicted octanol–water partition coefficient (Wildman–Crippen LogP) is 2.44. The second-order valence-electron chi connectivity index (χ2n) is 7.26. The van der Waals surface area contributed by atoms with Crippen molar-refractivity contribution in [2.45, 2.75) is 82.3 Å². The number of hydrogen-bond donors (Lipinski definition) is 3. The highest BCUT2D eigenvalue weighted by Gasteiger charge is 2.36. The van der Waals surface area contributed by atoms with Gasteiger partial charge in [-0.15, -0.1) is 0 Å². The average Bonchev–Trinajstić information content (AvgIpc) is 2.96. The summed E-state index contributed by atoms with van der Waals surface area (Å²) in [7, 11) is 0. The lowest BCUT2D eigenvalue weighted by Gasteiger charge is -2.41. The zero-order valence-electron chi connectivity index (χ0n) is 12.8. The molecule has 5 unspecified atom stereocenters. The molecule has 3 aliphatic rings. The first-order valence-corrected chi connectivity index (χ1v) is 8.99. The zero-order valence-corrected chi connectivity index (χ0v) is 12.8. The van der Waals surface area contributed by atoms with Gasteiger partial charge in [-0.2, -0.15) is 0 Å². The van der Waals surface area contributed by atoms with E-state index in [1.165, 1.54) is 70.8 Å². The molecule has 3 fully saturated rings. The van der Waals surface area contributed by atoms with Gasteiger partial charge < -0.3 is 15.7 Å². The fourth-order valence-electron chi connectivity index (χ4n) is 4.84. The molecule has 0 spiro atoms. The molecule has 0 bridgehead atoms. The Labute approximate surface area is 123 Å². The molecule has 0 amide bonds. The first-order chi connectivity index (χ1) is 9.88. The van der Waals surface area contributed by atoms with Gasteiger partial charge in [-0.1, -0.05) is 25.7 Å². The SMILES string of the molecule is OCC1CCCC1NC1CCCCC1C1CCCCN1. The monoisotopic (exact) mass is 280 g/mol. The third kappa shape index (κ3) is 3.37. The lowest BCUT2D eigenvalue weighted by atomic mass is 9.77. The predicted molar refractivity (Wildman–Crippen MR) is 82.7 cm³/mol. The van der Waals surface area contributed by atoms with Crippen molar-refractivity contribution in [3.63, 3.8) is 0 Å². The van der Waals surface area contributed by atoms with Gasteiger partial charge in [-0.05, 0) is 56.9 Å². The Bertz CT molecular complexity index is 291. The Hall–Kier alpha value is -0.120. The van der Waals surface area contributed by atoms with Crippen LogP contribution in [0, 0.1) is 11.8 Å². The lowest BCUT2D eigenvalue weighted by molar-refractivity contribution is 0.147. The number of hydrogen-bond acceptors (Lipinski definition) is 3. The Morgan fingerprint density at radius 1 is 0.850 bits per heavy atom. The molecule has 2 aliphatic carbocycles. The van der Waals surface area contributed by atoms with E-state index in [2.05, 4.69) is 10.6 Å². The summed E-state index contributed by atoms with van der Waals surface area (Å²) in [5, 5.41) is 17.3. The van der Waals surface area contributed by atoms with Crippen molar-refractivity contribution in [3.05, 3.63) is 0 Å². The second kappa shape index (κ2) is 7.24. The van der Waals surface area contributed by atoms with Crippen LogP contribution in [0.2, 0.25) is 0 Å². The number of aliphatic hydroxyl groups excluding tert-OH is 1. The highest BCUT2D eigenvalue weighted by atomic mass is 16.3. The number of piperidine rings is 1. The standard InChI is InChI=1S/C17H32N2O/c20-12-13-6-5-10-15(13)19-17-9-2-1-7-14(17)16-8-3-4-11-18-16/h13-20H,1-12H2. The van der Waals surface area contributed by atoms with Crippen LogP contribution in [0.3, 0.4) is 0 Å². The molecule has 0 aromatic rings. The van der Waals surface area contributed by atoms with Crippen molar-refractivity contribution in [3.8, 4) is 0 Å². The summed E-state index contributed by atoms with van der Waals surface area (Å²) in [6.07, 6.45) is 13.5. The number of rotatable bonds is 4. The fraction of sp³-hybridized carbons (Fsp3) is 1.00. The summed E-state index contributed by atoms with van der Waals surface area (Å²) < 4.78 is 0. The quantitative estimate of drug-likeness (QED) is 0.741. The molecular weight excluding hydrogens is 248 g/mol. The Balaban J connectivity index is 1.59. The summed E-state index contributed by atoms with van der Waals surface area (Å²) >= 11 is 0. The van der Waals surface area contributed by atoms with Gasteiger partial charge in [0.15, 0.2) is 0 Å². The summed E-state index contributed by atoms with van der Waals surface area (Å²) in [5.74, 6) is 1.33. The van der Waals surface area contributed by atoms with Gasteiger partial charge in [-0.25, -0.2) is 0 Å². The summed E-state index contributed by atoms with van der Waals surface area (Å²) in [5.41, 5.74) is 0. The Morgan fingerprint density at radius 2 is 1.65 bits per heavy atom. The van der Waals surface area contributed by atoms with E-state index in [9.17, 15) is 5.11 Å².